The van der Waals surface area contributed by atoms with Crippen molar-refractivity contribution < 1.29 is 4.42 Å². The van der Waals surface area contributed by atoms with E-state index in [4.69, 9.17) is 4.42 Å². The number of furan rings is 1. The summed E-state index contributed by atoms with van der Waals surface area (Å²) in [6, 6.07) is 91.1. The van der Waals surface area contributed by atoms with Crippen LogP contribution < -0.4 is 4.90 Å². The van der Waals surface area contributed by atoms with Crippen LogP contribution in [0.2, 0.25) is 0 Å². The van der Waals surface area contributed by atoms with Crippen molar-refractivity contribution >= 4 is 124 Å². The number of benzene rings is 11. The maximum absolute atomic E-state index is 6.53. The lowest BCUT2D eigenvalue weighted by Gasteiger charge is -2.28. The molecule has 2 aromatic heterocycles. The first-order chi connectivity index (χ1) is 34.2. The molecule has 0 bridgehead atoms. The van der Waals surface area contributed by atoms with Crippen molar-refractivity contribution in [1.29, 1.82) is 0 Å². The zero-order chi connectivity index (χ0) is 45.4. The molecule has 12 aromatic carbocycles. The molecule has 0 aliphatic rings. The fraction of sp³-hybridized carbons (Fsp3) is 0. The van der Waals surface area contributed by atoms with Gasteiger partial charge in [-0.3, -0.25) is 0 Å². The van der Waals surface area contributed by atoms with Gasteiger partial charge in [0.25, 0.3) is 0 Å². The Kier molecular flexibility index (Phi) is 9.11. The molecular weight excluding hydrogens is 855 g/mol. The van der Waals surface area contributed by atoms with Crippen LogP contribution in [0.25, 0.3) is 118 Å². The van der Waals surface area contributed by atoms with Crippen molar-refractivity contribution in [1.82, 2.24) is 0 Å². The molecule has 322 valence electrons. The van der Waals surface area contributed by atoms with E-state index in [1.54, 1.807) is 0 Å². The lowest BCUT2D eigenvalue weighted by molar-refractivity contribution is 0.670. The van der Waals surface area contributed by atoms with Crippen LogP contribution in [0.15, 0.2) is 253 Å². The molecule has 69 heavy (non-hydrogen) atoms. The van der Waals surface area contributed by atoms with E-state index < -0.39 is 0 Å². The molecule has 0 unspecified atom stereocenters. The number of rotatable bonds is 5. The number of hydrogen-bond donors (Lipinski definition) is 0. The summed E-state index contributed by atoms with van der Waals surface area (Å²) in [6.07, 6.45) is 0. The Morgan fingerprint density at radius 2 is 0.768 bits per heavy atom. The highest BCUT2D eigenvalue weighted by Gasteiger charge is 2.20. The third-order valence-corrected chi connectivity index (χ3v) is 15.2. The second-order valence-corrected chi connectivity index (χ2v) is 19.0. The second kappa shape index (κ2) is 16.0. The fourth-order valence-electron chi connectivity index (χ4n) is 10.9. The predicted molar refractivity (Wildman–Crippen MR) is 297 cm³/mol. The van der Waals surface area contributed by atoms with Crippen LogP contribution in [0.4, 0.5) is 17.1 Å². The van der Waals surface area contributed by atoms with E-state index in [9.17, 15) is 0 Å². The van der Waals surface area contributed by atoms with Crippen LogP contribution in [-0.4, -0.2) is 0 Å². The summed E-state index contributed by atoms with van der Waals surface area (Å²) in [4.78, 5) is 2.44. The summed E-state index contributed by atoms with van der Waals surface area (Å²) < 4.78 is 9.11. The fourth-order valence-corrected chi connectivity index (χ4v) is 12.1. The molecule has 0 spiro atoms. The summed E-state index contributed by atoms with van der Waals surface area (Å²) >= 11 is 1.87. The summed E-state index contributed by atoms with van der Waals surface area (Å²) in [5.74, 6) is 0. The second-order valence-electron chi connectivity index (χ2n) is 17.9. The zero-order valence-corrected chi connectivity index (χ0v) is 38.3. The SMILES string of the molecule is c1ccc(-c2ccccc2N(c2ccc(-c3cccc4c3oc3ccccc34)cc2)c2ccc3c(c2)c2ccccc2c2ccccc2c2ccccc2c2cc4c(cc32)sc2ccccc24)cc1. The minimum absolute atomic E-state index is 0.899. The molecular formula is C66H41NOS. The Morgan fingerprint density at radius 3 is 1.48 bits per heavy atom. The van der Waals surface area contributed by atoms with E-state index in [1.165, 1.54) is 74.0 Å². The van der Waals surface area contributed by atoms with Crippen molar-refractivity contribution in [3.05, 3.63) is 249 Å². The summed E-state index contributed by atoms with van der Waals surface area (Å²) in [5, 5.41) is 16.9. The first-order valence-corrected chi connectivity index (χ1v) is 24.4. The molecule has 2 heterocycles. The Hall–Kier alpha value is -8.76. The molecule has 14 aromatic rings. The van der Waals surface area contributed by atoms with Gasteiger partial charge in [-0.25, -0.2) is 0 Å². The molecule has 0 N–H and O–H groups in total. The Labute approximate surface area is 402 Å². The maximum Gasteiger partial charge on any atom is 0.143 e. The maximum atomic E-state index is 6.53. The highest BCUT2D eigenvalue weighted by atomic mass is 32.1. The molecule has 0 amide bonds. The van der Waals surface area contributed by atoms with Gasteiger partial charge in [-0.2, -0.15) is 0 Å². The lowest BCUT2D eigenvalue weighted by Crippen LogP contribution is -2.11. The topological polar surface area (TPSA) is 16.4 Å². The minimum atomic E-state index is 0.899. The number of nitrogens with zero attached hydrogens (tertiary/aromatic N) is 1. The van der Waals surface area contributed by atoms with Crippen molar-refractivity contribution in [3.8, 4) is 22.3 Å². The van der Waals surface area contributed by atoms with Crippen molar-refractivity contribution in [2.24, 2.45) is 0 Å². The molecule has 0 radical (unpaired) electrons. The number of fused-ring (bicyclic) bond motifs is 16. The molecule has 2 nitrogen and oxygen atoms in total. The first kappa shape index (κ1) is 39.4. The highest BCUT2D eigenvalue weighted by Crippen LogP contribution is 2.46. The monoisotopic (exact) mass is 895 g/mol. The van der Waals surface area contributed by atoms with E-state index in [0.29, 0.717) is 0 Å². The third kappa shape index (κ3) is 6.39. The van der Waals surface area contributed by atoms with Gasteiger partial charge in [0.1, 0.15) is 11.2 Å². The zero-order valence-electron chi connectivity index (χ0n) is 37.4. The van der Waals surface area contributed by atoms with Gasteiger partial charge in [-0.15, -0.1) is 11.3 Å². The summed E-state index contributed by atoms with van der Waals surface area (Å²) in [5.41, 5.74) is 9.50. The van der Waals surface area contributed by atoms with Crippen LogP contribution in [0.3, 0.4) is 0 Å². The minimum Gasteiger partial charge on any atom is -0.455 e. The van der Waals surface area contributed by atoms with Crippen LogP contribution in [0.5, 0.6) is 0 Å². The average Bonchev–Trinajstić information content (AvgIpc) is 3.99. The Morgan fingerprint density at radius 1 is 0.275 bits per heavy atom. The van der Waals surface area contributed by atoms with Gasteiger partial charge in [-0.05, 0) is 120 Å². The number of anilines is 3. The molecule has 0 atom stereocenters. The normalized spacial score (nSPS) is 11.8. The van der Waals surface area contributed by atoms with Gasteiger partial charge in [0.15, 0.2) is 0 Å². The van der Waals surface area contributed by atoms with Gasteiger partial charge in [0.2, 0.25) is 0 Å². The standard InChI is InChI=1S/C66H41NOS/c1-2-17-42(18-3-1)46-19-10-13-30-62(46)67(44-35-33-43(34-36-44)47-28-16-29-57-55-26-11-14-31-63(55)68-66(47)57)45-37-38-54-58(39-45)52-24-8-6-22-50(52)48-20-4-5-21-49(48)51-23-7-9-25-53(51)59-40-61-56-27-12-15-32-64(56)69-65(61)41-60(54)59/h1-41H. The molecule has 0 saturated heterocycles. The van der Waals surface area contributed by atoms with E-state index >= 15 is 0 Å². The quantitative estimate of drug-likeness (QED) is 0.171. The number of thiophene rings is 1. The van der Waals surface area contributed by atoms with Crippen LogP contribution in [-0.2, 0) is 0 Å². The van der Waals surface area contributed by atoms with E-state index in [1.807, 2.05) is 17.4 Å². The highest BCUT2D eigenvalue weighted by molar-refractivity contribution is 7.25. The van der Waals surface area contributed by atoms with Gasteiger partial charge < -0.3 is 9.32 Å². The van der Waals surface area contributed by atoms with Crippen molar-refractivity contribution in [2.45, 2.75) is 0 Å². The van der Waals surface area contributed by atoms with E-state index in [-0.39, 0.29) is 0 Å². The summed E-state index contributed by atoms with van der Waals surface area (Å²) in [7, 11) is 0. The van der Waals surface area contributed by atoms with E-state index in [2.05, 4.69) is 248 Å². The van der Waals surface area contributed by atoms with Gasteiger partial charge in [0, 0.05) is 53.4 Å². The molecule has 0 aliphatic heterocycles. The molecule has 3 heteroatoms. The predicted octanol–water partition coefficient (Wildman–Crippen LogP) is 19.6. The number of para-hydroxylation sites is 3. The van der Waals surface area contributed by atoms with Gasteiger partial charge in [0.05, 0.1) is 5.69 Å². The van der Waals surface area contributed by atoms with Crippen molar-refractivity contribution in [3.63, 3.8) is 0 Å². The van der Waals surface area contributed by atoms with Crippen molar-refractivity contribution in [2.75, 3.05) is 4.90 Å². The molecule has 0 saturated carbocycles. The van der Waals surface area contributed by atoms with E-state index in [0.717, 1.165) is 61.3 Å². The Bertz CT molecular complexity index is 4430. The average molecular weight is 896 g/mol. The molecule has 14 rings (SSSR count). The van der Waals surface area contributed by atoms with Gasteiger partial charge in [-0.1, -0.05) is 194 Å². The Balaban J connectivity index is 1.09. The largest absolute Gasteiger partial charge is 0.455 e. The van der Waals surface area contributed by atoms with Gasteiger partial charge >= 0.3 is 0 Å². The lowest BCUT2D eigenvalue weighted by atomic mass is 9.93. The first-order valence-electron chi connectivity index (χ1n) is 23.6. The summed E-state index contributed by atoms with van der Waals surface area (Å²) in [6.45, 7) is 0. The van der Waals surface area contributed by atoms with Crippen LogP contribution >= 0.6 is 11.3 Å². The van der Waals surface area contributed by atoms with Crippen LogP contribution in [0, 0.1) is 0 Å². The molecule has 0 aliphatic carbocycles. The smallest absolute Gasteiger partial charge is 0.143 e. The third-order valence-electron chi connectivity index (χ3n) is 14.1. The molecule has 0 fully saturated rings. The number of hydrogen-bond acceptors (Lipinski definition) is 3. The van der Waals surface area contributed by atoms with Crippen LogP contribution in [0.1, 0.15) is 0 Å².